The molecule has 1 rings (SSSR count). The summed E-state index contributed by atoms with van der Waals surface area (Å²) >= 11 is 0. The minimum Gasteiger partial charge on any atom is -0.394 e. The highest BCUT2D eigenvalue weighted by Gasteiger charge is 2.45. The van der Waals surface area contributed by atoms with Gasteiger partial charge in [0.2, 0.25) is 11.8 Å². The van der Waals surface area contributed by atoms with Gasteiger partial charge in [0.05, 0.1) is 12.6 Å². The second-order valence-corrected chi connectivity index (χ2v) is 5.09. The highest BCUT2D eigenvalue weighted by atomic mass is 16.3. The van der Waals surface area contributed by atoms with Gasteiger partial charge in [0, 0.05) is 11.8 Å². The van der Waals surface area contributed by atoms with Crippen molar-refractivity contribution >= 4 is 11.8 Å². The quantitative estimate of drug-likeness (QED) is 0.730. The third-order valence-electron chi connectivity index (χ3n) is 3.32. The summed E-state index contributed by atoms with van der Waals surface area (Å²) in [7, 11) is 0. The summed E-state index contributed by atoms with van der Waals surface area (Å²) in [5.74, 6) is -0.444. The summed E-state index contributed by atoms with van der Waals surface area (Å²) in [5.41, 5.74) is 0. The van der Waals surface area contributed by atoms with Crippen LogP contribution in [-0.4, -0.2) is 34.5 Å². The molecule has 0 bridgehead atoms. The van der Waals surface area contributed by atoms with Crippen molar-refractivity contribution in [2.24, 2.45) is 17.8 Å². The second kappa shape index (κ2) is 4.95. The molecule has 0 aromatic heterocycles. The lowest BCUT2D eigenvalue weighted by Crippen LogP contribution is -2.43. The zero-order valence-electron chi connectivity index (χ0n) is 10.4. The van der Waals surface area contributed by atoms with Gasteiger partial charge in [-0.2, -0.15) is 0 Å². The van der Waals surface area contributed by atoms with E-state index in [4.69, 9.17) is 0 Å². The first kappa shape index (κ1) is 13.2. The van der Waals surface area contributed by atoms with Crippen LogP contribution in [0.2, 0.25) is 0 Å². The molecule has 0 aromatic carbocycles. The SMILES string of the molecule is CC(C)CC(CO)N1C(=O)C(C)C(C)C1=O. The third kappa shape index (κ3) is 2.26. The van der Waals surface area contributed by atoms with Crippen molar-refractivity contribution in [1.82, 2.24) is 4.90 Å². The van der Waals surface area contributed by atoms with Gasteiger partial charge in [0.25, 0.3) is 0 Å². The minimum absolute atomic E-state index is 0.141. The lowest BCUT2D eigenvalue weighted by molar-refractivity contribution is -0.144. The number of hydrogen-bond donors (Lipinski definition) is 1. The number of amides is 2. The molecule has 1 heterocycles. The Balaban J connectivity index is 2.85. The highest BCUT2D eigenvalue weighted by molar-refractivity contribution is 6.05. The Bertz CT molecular complexity index is 268. The molecule has 3 unspecified atom stereocenters. The molecule has 3 atom stereocenters. The van der Waals surface area contributed by atoms with Crippen LogP contribution in [0.4, 0.5) is 0 Å². The smallest absolute Gasteiger partial charge is 0.233 e. The lowest BCUT2D eigenvalue weighted by Gasteiger charge is -2.26. The maximum absolute atomic E-state index is 11.9. The van der Waals surface area contributed by atoms with Crippen molar-refractivity contribution in [2.45, 2.75) is 40.2 Å². The molecule has 92 valence electrons. The maximum Gasteiger partial charge on any atom is 0.233 e. The fraction of sp³-hybridized carbons (Fsp3) is 0.833. The summed E-state index contributed by atoms with van der Waals surface area (Å²) in [6.45, 7) is 7.43. The molecule has 0 spiro atoms. The normalized spacial score (nSPS) is 28.0. The number of likely N-dealkylation sites (tertiary alicyclic amines) is 1. The molecule has 0 aliphatic carbocycles. The van der Waals surface area contributed by atoms with Gasteiger partial charge in [-0.05, 0) is 12.3 Å². The molecule has 0 saturated carbocycles. The molecule has 1 N–H and O–H groups in total. The topological polar surface area (TPSA) is 57.6 Å². The zero-order chi connectivity index (χ0) is 12.5. The number of hydrogen-bond acceptors (Lipinski definition) is 3. The molecule has 16 heavy (non-hydrogen) atoms. The van der Waals surface area contributed by atoms with E-state index in [9.17, 15) is 14.7 Å². The monoisotopic (exact) mass is 227 g/mol. The number of aliphatic hydroxyl groups is 1. The standard InChI is InChI=1S/C12H21NO3/c1-7(2)5-10(6-14)13-11(15)8(3)9(4)12(13)16/h7-10,14H,5-6H2,1-4H3. The molecule has 4 nitrogen and oxygen atoms in total. The van der Waals surface area contributed by atoms with Crippen molar-refractivity contribution < 1.29 is 14.7 Å². The number of carbonyl (C=O) groups excluding carboxylic acids is 2. The Hall–Kier alpha value is -0.900. The van der Waals surface area contributed by atoms with E-state index in [2.05, 4.69) is 0 Å². The van der Waals surface area contributed by atoms with Crippen molar-refractivity contribution in [3.05, 3.63) is 0 Å². The molecule has 2 amide bonds. The fourth-order valence-corrected chi connectivity index (χ4v) is 2.14. The molecular weight excluding hydrogens is 206 g/mol. The predicted molar refractivity (Wildman–Crippen MR) is 60.5 cm³/mol. The summed E-state index contributed by atoms with van der Waals surface area (Å²) in [5, 5.41) is 9.30. The van der Waals surface area contributed by atoms with Crippen LogP contribution in [0.1, 0.15) is 34.1 Å². The van der Waals surface area contributed by atoms with Gasteiger partial charge in [0.1, 0.15) is 0 Å². The van der Waals surface area contributed by atoms with Crippen LogP contribution in [0.3, 0.4) is 0 Å². The van der Waals surface area contributed by atoms with Crippen LogP contribution < -0.4 is 0 Å². The fourth-order valence-electron chi connectivity index (χ4n) is 2.14. The van der Waals surface area contributed by atoms with Crippen LogP contribution >= 0.6 is 0 Å². The lowest BCUT2D eigenvalue weighted by atomic mass is 10.00. The average Bonchev–Trinajstić information content (AvgIpc) is 2.41. The summed E-state index contributed by atoms with van der Waals surface area (Å²) in [6.07, 6.45) is 0.660. The van der Waals surface area contributed by atoms with Crippen LogP contribution in [0.5, 0.6) is 0 Å². The van der Waals surface area contributed by atoms with Gasteiger partial charge in [-0.25, -0.2) is 0 Å². The van der Waals surface area contributed by atoms with Crippen molar-refractivity contribution in [3.8, 4) is 0 Å². The molecule has 1 fully saturated rings. The molecule has 0 aromatic rings. The third-order valence-corrected chi connectivity index (χ3v) is 3.32. The van der Waals surface area contributed by atoms with E-state index in [1.54, 1.807) is 13.8 Å². The largest absolute Gasteiger partial charge is 0.394 e. The van der Waals surface area contributed by atoms with Crippen LogP contribution in [0.25, 0.3) is 0 Å². The molecule has 1 aliphatic rings. The summed E-state index contributed by atoms with van der Waals surface area (Å²) in [6, 6.07) is -0.354. The van der Waals surface area contributed by atoms with Gasteiger partial charge in [0.15, 0.2) is 0 Å². The Morgan fingerprint density at radius 2 is 1.62 bits per heavy atom. The van der Waals surface area contributed by atoms with E-state index < -0.39 is 0 Å². The summed E-state index contributed by atoms with van der Waals surface area (Å²) < 4.78 is 0. The Labute approximate surface area is 96.6 Å². The van der Waals surface area contributed by atoms with E-state index in [0.29, 0.717) is 12.3 Å². The summed E-state index contributed by atoms with van der Waals surface area (Å²) in [4.78, 5) is 25.1. The van der Waals surface area contributed by atoms with Gasteiger partial charge in [-0.15, -0.1) is 0 Å². The zero-order valence-corrected chi connectivity index (χ0v) is 10.4. The van der Waals surface area contributed by atoms with Crippen LogP contribution in [0, 0.1) is 17.8 Å². The van der Waals surface area contributed by atoms with Crippen molar-refractivity contribution in [3.63, 3.8) is 0 Å². The molecular formula is C12H21NO3. The maximum atomic E-state index is 11.9. The van der Waals surface area contributed by atoms with E-state index in [1.165, 1.54) is 4.90 Å². The molecule has 1 aliphatic heterocycles. The number of rotatable bonds is 4. The number of nitrogens with zero attached hydrogens (tertiary/aromatic N) is 1. The van der Waals surface area contributed by atoms with Gasteiger partial charge in [-0.1, -0.05) is 27.7 Å². The first-order valence-corrected chi connectivity index (χ1v) is 5.87. The van der Waals surface area contributed by atoms with Gasteiger partial charge < -0.3 is 5.11 Å². The Morgan fingerprint density at radius 1 is 1.19 bits per heavy atom. The molecule has 0 radical (unpaired) electrons. The van der Waals surface area contributed by atoms with E-state index >= 15 is 0 Å². The van der Waals surface area contributed by atoms with E-state index in [0.717, 1.165) is 0 Å². The highest BCUT2D eigenvalue weighted by Crippen LogP contribution is 2.28. The number of imide groups is 1. The van der Waals surface area contributed by atoms with Gasteiger partial charge >= 0.3 is 0 Å². The number of aliphatic hydroxyl groups excluding tert-OH is 1. The van der Waals surface area contributed by atoms with Crippen molar-refractivity contribution in [2.75, 3.05) is 6.61 Å². The van der Waals surface area contributed by atoms with E-state index in [-0.39, 0.29) is 36.3 Å². The number of carbonyl (C=O) groups is 2. The average molecular weight is 227 g/mol. The molecule has 4 heteroatoms. The minimum atomic E-state index is -0.354. The van der Waals surface area contributed by atoms with Crippen molar-refractivity contribution in [1.29, 1.82) is 0 Å². The van der Waals surface area contributed by atoms with Crippen LogP contribution in [0.15, 0.2) is 0 Å². The van der Waals surface area contributed by atoms with E-state index in [1.807, 2.05) is 13.8 Å². The Morgan fingerprint density at radius 3 is 1.94 bits per heavy atom. The Kier molecular flexibility index (Phi) is 4.08. The first-order valence-electron chi connectivity index (χ1n) is 5.87. The molecule has 1 saturated heterocycles. The van der Waals surface area contributed by atoms with Crippen LogP contribution in [-0.2, 0) is 9.59 Å². The predicted octanol–water partition coefficient (Wildman–Crippen LogP) is 1.03. The second-order valence-electron chi connectivity index (χ2n) is 5.09. The van der Waals surface area contributed by atoms with Gasteiger partial charge in [-0.3, -0.25) is 14.5 Å². The first-order chi connectivity index (χ1) is 7.40.